The molecule has 2 aromatic rings. The van der Waals surface area contributed by atoms with E-state index in [4.69, 9.17) is 16.3 Å². The molecule has 0 unspecified atom stereocenters. The first-order chi connectivity index (χ1) is 11.8. The minimum absolute atomic E-state index is 0.143. The van der Waals surface area contributed by atoms with Gasteiger partial charge in [0.15, 0.2) is 0 Å². The summed E-state index contributed by atoms with van der Waals surface area (Å²) in [4.78, 5) is 11.2. The number of aryl methyl sites for hydroxylation is 2. The Labute approximate surface area is 158 Å². The topological polar surface area (TPSA) is 37.7 Å². The summed E-state index contributed by atoms with van der Waals surface area (Å²) in [5, 5.41) is 0.609. The fourth-order valence-electron chi connectivity index (χ4n) is 2.48. The maximum Gasteiger partial charge on any atom is 0.280 e. The van der Waals surface area contributed by atoms with E-state index in [-0.39, 0.29) is 5.41 Å². The summed E-state index contributed by atoms with van der Waals surface area (Å²) < 4.78 is 6.78. The smallest absolute Gasteiger partial charge is 0.280 e. The molecule has 1 aromatic carbocycles. The number of nitrogens with zero attached hydrogens (tertiary/aromatic N) is 3. The molecular formula is C19H24ClN3OS. The SMILES string of the molecule is CCN(C)/C=N/c1cc(C)c(Oc2nc(C3(C)CC3)c(Cl)s2)cc1C. The van der Waals surface area contributed by atoms with Crippen LogP contribution in [0.25, 0.3) is 0 Å². The van der Waals surface area contributed by atoms with E-state index < -0.39 is 0 Å². The average molecular weight is 378 g/mol. The van der Waals surface area contributed by atoms with Gasteiger partial charge in [0, 0.05) is 19.0 Å². The van der Waals surface area contributed by atoms with Gasteiger partial charge in [-0.25, -0.2) is 9.98 Å². The normalized spacial score (nSPS) is 15.6. The van der Waals surface area contributed by atoms with Crippen molar-refractivity contribution in [2.24, 2.45) is 4.99 Å². The number of thiazole rings is 1. The Hall–Kier alpha value is -1.59. The van der Waals surface area contributed by atoms with Gasteiger partial charge in [-0.05, 0) is 56.9 Å². The fourth-order valence-corrected chi connectivity index (χ4v) is 3.76. The number of hydrogen-bond acceptors (Lipinski definition) is 4. The lowest BCUT2D eigenvalue weighted by Crippen LogP contribution is -2.14. The van der Waals surface area contributed by atoms with E-state index in [9.17, 15) is 0 Å². The van der Waals surface area contributed by atoms with Crippen LogP contribution in [0.1, 0.15) is 43.5 Å². The van der Waals surface area contributed by atoms with Crippen LogP contribution in [0, 0.1) is 13.8 Å². The number of halogens is 1. The van der Waals surface area contributed by atoms with Crippen molar-refractivity contribution >= 4 is 35.0 Å². The van der Waals surface area contributed by atoms with Crippen molar-refractivity contribution in [2.75, 3.05) is 13.6 Å². The number of benzene rings is 1. The molecule has 0 N–H and O–H groups in total. The summed E-state index contributed by atoms with van der Waals surface area (Å²) in [5.74, 6) is 0.804. The van der Waals surface area contributed by atoms with Gasteiger partial charge in [0.1, 0.15) is 10.1 Å². The molecule has 134 valence electrons. The lowest BCUT2D eigenvalue weighted by molar-refractivity contribution is 0.471. The van der Waals surface area contributed by atoms with Gasteiger partial charge in [-0.15, -0.1) is 0 Å². The Balaban J connectivity index is 1.82. The predicted molar refractivity (Wildman–Crippen MR) is 106 cm³/mol. The Kier molecular flexibility index (Phi) is 5.07. The Morgan fingerprint density at radius 1 is 1.36 bits per heavy atom. The second-order valence-corrected chi connectivity index (χ2v) is 8.55. The first-order valence-corrected chi connectivity index (χ1v) is 9.72. The molecule has 3 rings (SSSR count). The fraction of sp³-hybridized carbons (Fsp3) is 0.474. The molecule has 0 radical (unpaired) electrons. The molecule has 0 bridgehead atoms. The van der Waals surface area contributed by atoms with Crippen LogP contribution in [0.4, 0.5) is 5.69 Å². The highest BCUT2D eigenvalue weighted by Gasteiger charge is 2.43. The van der Waals surface area contributed by atoms with Crippen molar-refractivity contribution in [3.8, 4) is 10.9 Å². The summed E-state index contributed by atoms with van der Waals surface area (Å²) >= 11 is 7.78. The van der Waals surface area contributed by atoms with Crippen molar-refractivity contribution < 1.29 is 4.74 Å². The van der Waals surface area contributed by atoms with E-state index >= 15 is 0 Å². The second-order valence-electron chi connectivity index (χ2n) is 6.99. The number of hydrogen-bond donors (Lipinski definition) is 0. The van der Waals surface area contributed by atoms with Crippen molar-refractivity contribution in [3.63, 3.8) is 0 Å². The van der Waals surface area contributed by atoms with E-state index in [1.54, 1.807) is 0 Å². The number of ether oxygens (including phenoxy) is 1. The maximum atomic E-state index is 6.37. The van der Waals surface area contributed by atoms with Gasteiger partial charge in [-0.1, -0.05) is 29.9 Å². The molecule has 0 atom stereocenters. The van der Waals surface area contributed by atoms with Gasteiger partial charge in [-0.2, -0.15) is 0 Å². The molecule has 0 aliphatic heterocycles. The second kappa shape index (κ2) is 6.96. The first-order valence-electron chi connectivity index (χ1n) is 8.53. The Morgan fingerprint density at radius 2 is 2.08 bits per heavy atom. The zero-order valence-electron chi connectivity index (χ0n) is 15.4. The van der Waals surface area contributed by atoms with Crippen LogP contribution in [-0.4, -0.2) is 29.8 Å². The number of aliphatic imine (C=N–C) groups is 1. The molecule has 1 saturated carbocycles. The van der Waals surface area contributed by atoms with Crippen LogP contribution in [0.5, 0.6) is 10.9 Å². The monoisotopic (exact) mass is 377 g/mol. The lowest BCUT2D eigenvalue weighted by atomic mass is 10.1. The van der Waals surface area contributed by atoms with Gasteiger partial charge in [0.05, 0.1) is 17.7 Å². The molecule has 0 amide bonds. The van der Waals surface area contributed by atoms with E-state index in [0.29, 0.717) is 5.19 Å². The highest BCUT2D eigenvalue weighted by Crippen LogP contribution is 2.52. The summed E-state index contributed by atoms with van der Waals surface area (Å²) in [6.07, 6.45) is 4.14. The van der Waals surface area contributed by atoms with Gasteiger partial charge >= 0.3 is 0 Å². The zero-order chi connectivity index (χ0) is 18.2. The standard InChI is InChI=1S/C19H24ClN3OS/c1-6-23(5)11-21-14-9-13(3)15(10-12(14)2)24-18-22-16(17(20)25-18)19(4)7-8-19/h9-11H,6-8H2,1-5H3/b21-11+. The van der Waals surface area contributed by atoms with E-state index in [0.717, 1.165) is 52.0 Å². The van der Waals surface area contributed by atoms with Gasteiger partial charge in [0.25, 0.3) is 5.19 Å². The molecule has 1 fully saturated rings. The lowest BCUT2D eigenvalue weighted by Gasteiger charge is -2.11. The molecule has 0 saturated heterocycles. The van der Waals surface area contributed by atoms with Crippen LogP contribution < -0.4 is 4.74 Å². The highest BCUT2D eigenvalue weighted by atomic mass is 35.5. The third-order valence-electron chi connectivity index (χ3n) is 4.72. The highest BCUT2D eigenvalue weighted by molar-refractivity contribution is 7.17. The zero-order valence-corrected chi connectivity index (χ0v) is 17.0. The van der Waals surface area contributed by atoms with Crippen molar-refractivity contribution in [3.05, 3.63) is 33.3 Å². The number of aromatic nitrogens is 1. The molecular weight excluding hydrogens is 354 g/mol. The maximum absolute atomic E-state index is 6.37. The molecule has 1 heterocycles. The minimum atomic E-state index is 0.143. The van der Waals surface area contributed by atoms with Crippen LogP contribution in [-0.2, 0) is 5.41 Å². The van der Waals surface area contributed by atoms with Crippen LogP contribution >= 0.6 is 22.9 Å². The Morgan fingerprint density at radius 3 is 2.72 bits per heavy atom. The van der Waals surface area contributed by atoms with Crippen molar-refractivity contribution in [1.29, 1.82) is 0 Å². The van der Waals surface area contributed by atoms with Crippen molar-refractivity contribution in [2.45, 2.75) is 46.0 Å². The minimum Gasteiger partial charge on any atom is -0.431 e. The quantitative estimate of drug-likeness (QED) is 0.466. The molecule has 25 heavy (non-hydrogen) atoms. The van der Waals surface area contributed by atoms with Crippen LogP contribution in [0.2, 0.25) is 4.34 Å². The van der Waals surface area contributed by atoms with E-state index in [1.807, 2.05) is 44.3 Å². The summed E-state index contributed by atoms with van der Waals surface area (Å²) in [6, 6.07) is 4.06. The molecule has 0 spiro atoms. The molecule has 6 heteroatoms. The molecule has 1 aliphatic carbocycles. The third kappa shape index (κ3) is 3.98. The summed E-state index contributed by atoms with van der Waals surface area (Å²) in [5.41, 5.74) is 4.17. The predicted octanol–water partition coefficient (Wildman–Crippen LogP) is 5.87. The van der Waals surface area contributed by atoms with Gasteiger partial charge in [-0.3, -0.25) is 0 Å². The largest absolute Gasteiger partial charge is 0.431 e. The summed E-state index contributed by atoms with van der Waals surface area (Å²) in [6.45, 7) is 9.28. The van der Waals surface area contributed by atoms with Crippen molar-refractivity contribution in [1.82, 2.24) is 9.88 Å². The van der Waals surface area contributed by atoms with Gasteiger partial charge < -0.3 is 9.64 Å². The van der Waals surface area contributed by atoms with Crippen LogP contribution in [0.15, 0.2) is 17.1 Å². The molecule has 1 aliphatic rings. The molecule has 4 nitrogen and oxygen atoms in total. The van der Waals surface area contributed by atoms with Crippen LogP contribution in [0.3, 0.4) is 0 Å². The van der Waals surface area contributed by atoms with E-state index in [1.165, 1.54) is 11.3 Å². The molecule has 1 aromatic heterocycles. The third-order valence-corrected chi connectivity index (χ3v) is 5.85. The number of rotatable bonds is 6. The van der Waals surface area contributed by atoms with E-state index in [2.05, 4.69) is 23.8 Å². The average Bonchev–Trinajstić information content (AvgIpc) is 3.20. The summed E-state index contributed by atoms with van der Waals surface area (Å²) in [7, 11) is 2.01. The first kappa shape index (κ1) is 18.2. The van der Waals surface area contributed by atoms with Gasteiger partial charge in [0.2, 0.25) is 0 Å². The Bertz CT molecular complexity index is 811.